The van der Waals surface area contributed by atoms with Crippen molar-refractivity contribution in [3.05, 3.63) is 76.3 Å². The molecule has 2 rings (SSSR count). The molecule has 0 aliphatic heterocycles. The van der Waals surface area contributed by atoms with Gasteiger partial charge in [-0.25, -0.2) is 9.59 Å². The maximum absolute atomic E-state index is 12.0. The van der Waals surface area contributed by atoms with E-state index in [4.69, 9.17) is 4.74 Å². The van der Waals surface area contributed by atoms with E-state index in [1.165, 1.54) is 20.3 Å². The summed E-state index contributed by atoms with van der Waals surface area (Å²) in [4.78, 5) is 23.0. The second kappa shape index (κ2) is 8.99. The van der Waals surface area contributed by atoms with Crippen LogP contribution in [0.5, 0.6) is 0 Å². The summed E-state index contributed by atoms with van der Waals surface area (Å²) in [6.45, 7) is 0. The van der Waals surface area contributed by atoms with Crippen molar-refractivity contribution < 1.29 is 19.1 Å². The molecule has 0 unspecified atom stereocenters. The van der Waals surface area contributed by atoms with E-state index in [9.17, 15) is 9.59 Å². The summed E-state index contributed by atoms with van der Waals surface area (Å²) in [5.74, 6) is -0.861. The molecule has 5 heteroatoms. The number of carbonyl (C=O) groups is 2. The number of benzene rings is 2. The zero-order valence-electron chi connectivity index (χ0n) is 13.9. The number of halogens is 1. The highest BCUT2D eigenvalue weighted by atomic mass is 79.9. The van der Waals surface area contributed by atoms with Crippen LogP contribution in [-0.4, -0.2) is 26.2 Å². The number of esters is 2. The molecule has 0 bridgehead atoms. The monoisotopic (exact) mass is 400 g/mol. The first-order valence-electron chi connectivity index (χ1n) is 7.46. The molecule has 0 N–H and O–H groups in total. The van der Waals surface area contributed by atoms with Crippen molar-refractivity contribution in [3.63, 3.8) is 0 Å². The average molecular weight is 401 g/mol. The Morgan fingerprint density at radius 2 is 1.60 bits per heavy atom. The van der Waals surface area contributed by atoms with Crippen LogP contribution >= 0.6 is 15.9 Å². The summed E-state index contributed by atoms with van der Waals surface area (Å²) in [6.07, 6.45) is 6.27. The number of ether oxygens (including phenoxy) is 2. The van der Waals surface area contributed by atoms with Crippen LogP contribution in [-0.2, 0) is 14.3 Å². The number of allylic oxidation sites excluding steroid dienone is 2. The number of carbonyl (C=O) groups excluding carboxylic acids is 2. The van der Waals surface area contributed by atoms with Crippen molar-refractivity contribution in [2.24, 2.45) is 0 Å². The zero-order chi connectivity index (χ0) is 18.2. The molecular formula is C20H17BrO4. The Kier molecular flexibility index (Phi) is 6.71. The first kappa shape index (κ1) is 18.7. The summed E-state index contributed by atoms with van der Waals surface area (Å²) < 4.78 is 10.4. The second-order valence-electron chi connectivity index (χ2n) is 5.04. The second-order valence-corrected chi connectivity index (χ2v) is 5.96. The Bertz CT molecular complexity index is 820. The van der Waals surface area contributed by atoms with E-state index in [1.807, 2.05) is 36.4 Å². The van der Waals surface area contributed by atoms with Gasteiger partial charge in [-0.3, -0.25) is 0 Å². The Balaban J connectivity index is 2.39. The van der Waals surface area contributed by atoms with Crippen LogP contribution in [0.25, 0.3) is 17.2 Å². The summed E-state index contributed by atoms with van der Waals surface area (Å²) in [6, 6.07) is 13.4. The van der Waals surface area contributed by atoms with E-state index in [-0.39, 0.29) is 0 Å². The Morgan fingerprint density at radius 1 is 0.920 bits per heavy atom. The van der Waals surface area contributed by atoms with Gasteiger partial charge in [0.2, 0.25) is 0 Å². The third-order valence-corrected chi connectivity index (χ3v) is 3.98. The van der Waals surface area contributed by atoms with E-state index in [0.29, 0.717) is 11.1 Å². The van der Waals surface area contributed by atoms with Crippen molar-refractivity contribution in [3.8, 4) is 11.1 Å². The summed E-state index contributed by atoms with van der Waals surface area (Å²) in [5.41, 5.74) is 3.14. The van der Waals surface area contributed by atoms with Gasteiger partial charge in [0.25, 0.3) is 0 Å². The molecule has 0 heterocycles. The lowest BCUT2D eigenvalue weighted by Gasteiger charge is -2.08. The van der Waals surface area contributed by atoms with Crippen LogP contribution in [0.3, 0.4) is 0 Å². The molecule has 0 fully saturated rings. The van der Waals surface area contributed by atoms with Crippen molar-refractivity contribution in [2.75, 3.05) is 14.2 Å². The molecule has 0 aliphatic rings. The Hall–Kier alpha value is -2.66. The van der Waals surface area contributed by atoms with Gasteiger partial charge in [-0.15, -0.1) is 0 Å². The summed E-state index contributed by atoms with van der Waals surface area (Å²) >= 11 is 3.41. The molecule has 0 saturated heterocycles. The maximum atomic E-state index is 12.0. The molecule has 0 saturated carbocycles. The van der Waals surface area contributed by atoms with Crippen molar-refractivity contribution in [1.82, 2.24) is 0 Å². The fourth-order valence-electron chi connectivity index (χ4n) is 2.18. The van der Waals surface area contributed by atoms with Crippen molar-refractivity contribution >= 4 is 33.9 Å². The zero-order valence-corrected chi connectivity index (χ0v) is 15.4. The van der Waals surface area contributed by atoms with Gasteiger partial charge in [0.15, 0.2) is 0 Å². The van der Waals surface area contributed by atoms with E-state index in [2.05, 4.69) is 20.7 Å². The number of methoxy groups -OCH3 is 2. The van der Waals surface area contributed by atoms with Crippen LogP contribution in [0.1, 0.15) is 15.9 Å². The lowest BCUT2D eigenvalue weighted by atomic mass is 9.98. The molecule has 0 aromatic heterocycles. The van der Waals surface area contributed by atoms with Gasteiger partial charge in [0, 0.05) is 10.5 Å². The fourth-order valence-corrected chi connectivity index (χ4v) is 2.44. The van der Waals surface area contributed by atoms with Crippen LogP contribution in [0, 0.1) is 0 Å². The van der Waals surface area contributed by atoms with Gasteiger partial charge in [0.1, 0.15) is 0 Å². The minimum Gasteiger partial charge on any atom is -0.466 e. The quantitative estimate of drug-likeness (QED) is 0.416. The van der Waals surface area contributed by atoms with Gasteiger partial charge in [0.05, 0.1) is 19.8 Å². The normalized spacial score (nSPS) is 11.0. The number of hydrogen-bond acceptors (Lipinski definition) is 4. The van der Waals surface area contributed by atoms with Crippen LogP contribution in [0.2, 0.25) is 0 Å². The highest BCUT2D eigenvalue weighted by Crippen LogP contribution is 2.25. The van der Waals surface area contributed by atoms with E-state index < -0.39 is 11.9 Å². The Morgan fingerprint density at radius 3 is 2.24 bits per heavy atom. The molecule has 0 amide bonds. The average Bonchev–Trinajstić information content (AvgIpc) is 2.64. The van der Waals surface area contributed by atoms with Gasteiger partial charge in [-0.2, -0.15) is 0 Å². The fraction of sp³-hybridized carbons (Fsp3) is 0.100. The molecule has 2 aromatic rings. The SMILES string of the molecule is COC(=O)/C=C/C=C/c1cc(-c2ccc(Br)cc2)ccc1C(=O)OC. The molecule has 0 aliphatic carbocycles. The van der Waals surface area contributed by atoms with Crippen molar-refractivity contribution in [1.29, 1.82) is 0 Å². The molecule has 0 radical (unpaired) electrons. The molecule has 2 aromatic carbocycles. The molecular weight excluding hydrogens is 384 g/mol. The van der Waals surface area contributed by atoms with Gasteiger partial charge in [-0.05, 0) is 41.0 Å². The molecule has 0 spiro atoms. The molecule has 25 heavy (non-hydrogen) atoms. The predicted octanol–water partition coefficient (Wildman–Crippen LogP) is 4.65. The molecule has 0 atom stereocenters. The maximum Gasteiger partial charge on any atom is 0.338 e. The third-order valence-electron chi connectivity index (χ3n) is 3.45. The minimum atomic E-state index is -0.443. The van der Waals surface area contributed by atoms with E-state index >= 15 is 0 Å². The smallest absolute Gasteiger partial charge is 0.338 e. The summed E-state index contributed by atoms with van der Waals surface area (Å²) in [5, 5.41) is 0. The number of rotatable bonds is 5. The largest absolute Gasteiger partial charge is 0.466 e. The summed E-state index contributed by atoms with van der Waals surface area (Å²) in [7, 11) is 2.66. The molecule has 4 nitrogen and oxygen atoms in total. The van der Waals surface area contributed by atoms with E-state index in [0.717, 1.165) is 15.6 Å². The van der Waals surface area contributed by atoms with E-state index in [1.54, 1.807) is 24.3 Å². The third kappa shape index (κ3) is 5.16. The van der Waals surface area contributed by atoms with Crippen LogP contribution in [0.15, 0.2) is 65.2 Å². The standard InChI is InChI=1S/C20H17BrO4/c1-24-19(22)6-4-3-5-16-13-15(9-12-18(16)20(23)25-2)14-7-10-17(21)11-8-14/h3-13H,1-2H3/b5-3+,6-4+. The lowest BCUT2D eigenvalue weighted by molar-refractivity contribution is -0.134. The van der Waals surface area contributed by atoms with Gasteiger partial charge in [-0.1, -0.05) is 52.4 Å². The predicted molar refractivity (Wildman–Crippen MR) is 101 cm³/mol. The number of hydrogen-bond donors (Lipinski definition) is 0. The van der Waals surface area contributed by atoms with Crippen LogP contribution in [0.4, 0.5) is 0 Å². The topological polar surface area (TPSA) is 52.6 Å². The molecule has 128 valence electrons. The first-order chi connectivity index (χ1) is 12.0. The van der Waals surface area contributed by atoms with Crippen molar-refractivity contribution in [2.45, 2.75) is 0 Å². The highest BCUT2D eigenvalue weighted by molar-refractivity contribution is 9.10. The lowest BCUT2D eigenvalue weighted by Crippen LogP contribution is -2.03. The van der Waals surface area contributed by atoms with Crippen LogP contribution < -0.4 is 0 Å². The Labute approximate surface area is 154 Å². The first-order valence-corrected chi connectivity index (χ1v) is 8.25. The highest BCUT2D eigenvalue weighted by Gasteiger charge is 2.11. The van der Waals surface area contributed by atoms with Gasteiger partial charge >= 0.3 is 11.9 Å². The minimum absolute atomic E-state index is 0.418. The van der Waals surface area contributed by atoms with Gasteiger partial charge < -0.3 is 9.47 Å².